The summed E-state index contributed by atoms with van der Waals surface area (Å²) in [6, 6.07) is 8.28. The molecule has 1 aromatic carbocycles. The van der Waals surface area contributed by atoms with E-state index in [0.717, 1.165) is 0 Å². The van der Waals surface area contributed by atoms with Crippen LogP contribution < -0.4 is 5.73 Å². The Hall–Kier alpha value is -0.860. The molecule has 0 amide bonds. The van der Waals surface area contributed by atoms with Gasteiger partial charge in [-0.05, 0) is 37.3 Å². The molecule has 1 rings (SSSR count). The van der Waals surface area contributed by atoms with Crippen molar-refractivity contribution >= 4 is 0 Å². The highest BCUT2D eigenvalue weighted by atomic mass is 16.3. The summed E-state index contributed by atoms with van der Waals surface area (Å²) in [5, 5.41) is 10.1. The predicted octanol–water partition coefficient (Wildman–Crippen LogP) is 2.13. The summed E-state index contributed by atoms with van der Waals surface area (Å²) >= 11 is 0. The van der Waals surface area contributed by atoms with Crippen LogP contribution in [0.3, 0.4) is 0 Å². The van der Waals surface area contributed by atoms with Gasteiger partial charge in [-0.15, -0.1) is 0 Å². The molecule has 1 aromatic rings. The lowest BCUT2D eigenvalue weighted by molar-refractivity contribution is 0.0863. The zero-order chi connectivity index (χ0) is 12.1. The molecule has 0 radical (unpaired) electrons. The summed E-state index contributed by atoms with van der Waals surface area (Å²) in [4.78, 5) is 0. The molecule has 0 aliphatic rings. The number of aryl methyl sites for hydroxylation is 1. The van der Waals surface area contributed by atoms with E-state index < -0.39 is 0 Å². The van der Waals surface area contributed by atoms with Crippen LogP contribution in [0.15, 0.2) is 24.3 Å². The number of aliphatic hydroxyl groups is 1. The van der Waals surface area contributed by atoms with Gasteiger partial charge in [0.15, 0.2) is 0 Å². The molecule has 2 unspecified atom stereocenters. The van der Waals surface area contributed by atoms with Crippen molar-refractivity contribution in [3.05, 3.63) is 35.4 Å². The molecule has 16 heavy (non-hydrogen) atoms. The van der Waals surface area contributed by atoms with Crippen LogP contribution in [0.5, 0.6) is 0 Å². The van der Waals surface area contributed by atoms with E-state index in [1.54, 1.807) is 0 Å². The first-order valence-electron chi connectivity index (χ1n) is 5.98. The standard InChI is InChI=1S/C14H23NO/c1-10(2)13(9-15)14(16)8-12-6-4-5-11(3)7-12/h4-7,10,13-14,16H,8-9,15H2,1-3H3. The highest BCUT2D eigenvalue weighted by Gasteiger charge is 2.21. The maximum absolute atomic E-state index is 10.1. The average Bonchev–Trinajstić information content (AvgIpc) is 2.17. The molecule has 0 bridgehead atoms. The number of nitrogens with two attached hydrogens (primary N) is 1. The Kier molecular flexibility index (Phi) is 4.97. The van der Waals surface area contributed by atoms with Gasteiger partial charge in [0, 0.05) is 0 Å². The minimum absolute atomic E-state index is 0.181. The first-order valence-corrected chi connectivity index (χ1v) is 5.98. The number of hydrogen-bond acceptors (Lipinski definition) is 2. The van der Waals surface area contributed by atoms with E-state index in [2.05, 4.69) is 39.0 Å². The van der Waals surface area contributed by atoms with Crippen molar-refractivity contribution in [1.29, 1.82) is 0 Å². The van der Waals surface area contributed by atoms with Gasteiger partial charge in [-0.25, -0.2) is 0 Å². The fourth-order valence-corrected chi connectivity index (χ4v) is 2.11. The van der Waals surface area contributed by atoms with Crippen LogP contribution in [0.4, 0.5) is 0 Å². The van der Waals surface area contributed by atoms with Crippen LogP contribution in [-0.4, -0.2) is 17.8 Å². The summed E-state index contributed by atoms with van der Waals surface area (Å²) in [6.07, 6.45) is 0.355. The Morgan fingerprint density at radius 3 is 2.50 bits per heavy atom. The quantitative estimate of drug-likeness (QED) is 0.800. The second-order valence-electron chi connectivity index (χ2n) is 4.90. The fourth-order valence-electron chi connectivity index (χ4n) is 2.11. The summed E-state index contributed by atoms with van der Waals surface area (Å²) in [5.74, 6) is 0.602. The third-order valence-corrected chi connectivity index (χ3v) is 3.15. The third kappa shape index (κ3) is 3.62. The SMILES string of the molecule is Cc1cccc(CC(O)C(CN)C(C)C)c1. The molecule has 0 saturated heterocycles. The maximum atomic E-state index is 10.1. The Morgan fingerprint density at radius 2 is 2.00 bits per heavy atom. The Bertz CT molecular complexity index is 322. The molecule has 0 aliphatic carbocycles. The first kappa shape index (κ1) is 13.2. The molecular weight excluding hydrogens is 198 g/mol. The lowest BCUT2D eigenvalue weighted by Crippen LogP contribution is -2.33. The molecule has 0 aromatic heterocycles. The summed E-state index contributed by atoms with van der Waals surface area (Å²) in [6.45, 7) is 6.83. The van der Waals surface area contributed by atoms with Gasteiger partial charge in [0.2, 0.25) is 0 Å². The molecule has 0 heterocycles. The maximum Gasteiger partial charge on any atom is 0.0623 e. The minimum atomic E-state index is -0.341. The van der Waals surface area contributed by atoms with E-state index in [9.17, 15) is 5.11 Å². The summed E-state index contributed by atoms with van der Waals surface area (Å²) < 4.78 is 0. The third-order valence-electron chi connectivity index (χ3n) is 3.15. The first-order chi connectivity index (χ1) is 7.54. The van der Waals surface area contributed by atoms with Crippen molar-refractivity contribution < 1.29 is 5.11 Å². The predicted molar refractivity (Wildman–Crippen MR) is 68.3 cm³/mol. The Morgan fingerprint density at radius 1 is 1.31 bits per heavy atom. The van der Waals surface area contributed by atoms with Crippen LogP contribution in [0.1, 0.15) is 25.0 Å². The highest BCUT2D eigenvalue weighted by Crippen LogP contribution is 2.18. The lowest BCUT2D eigenvalue weighted by atomic mass is 9.87. The van der Waals surface area contributed by atoms with Crippen LogP contribution in [0.25, 0.3) is 0 Å². The molecule has 3 N–H and O–H groups in total. The number of benzene rings is 1. The van der Waals surface area contributed by atoms with Gasteiger partial charge in [-0.3, -0.25) is 0 Å². The van der Waals surface area contributed by atoms with Crippen LogP contribution in [0.2, 0.25) is 0 Å². The molecule has 0 spiro atoms. The second kappa shape index (κ2) is 6.02. The Labute approximate surface area is 98.5 Å². The van der Waals surface area contributed by atoms with Gasteiger partial charge in [-0.1, -0.05) is 43.7 Å². The van der Waals surface area contributed by atoms with E-state index in [0.29, 0.717) is 18.9 Å². The van der Waals surface area contributed by atoms with Gasteiger partial charge >= 0.3 is 0 Å². The van der Waals surface area contributed by atoms with E-state index in [4.69, 9.17) is 5.73 Å². The summed E-state index contributed by atoms with van der Waals surface area (Å²) in [7, 11) is 0. The van der Waals surface area contributed by atoms with E-state index in [1.165, 1.54) is 11.1 Å². The van der Waals surface area contributed by atoms with Gasteiger partial charge in [0.05, 0.1) is 6.10 Å². The van der Waals surface area contributed by atoms with E-state index in [-0.39, 0.29) is 12.0 Å². The van der Waals surface area contributed by atoms with Gasteiger partial charge in [0.1, 0.15) is 0 Å². The topological polar surface area (TPSA) is 46.2 Å². The molecule has 0 aliphatic heterocycles. The molecule has 2 heteroatoms. The molecule has 0 fully saturated rings. The molecule has 2 atom stereocenters. The van der Waals surface area contributed by atoms with Crippen molar-refractivity contribution in [3.8, 4) is 0 Å². The monoisotopic (exact) mass is 221 g/mol. The van der Waals surface area contributed by atoms with Crippen molar-refractivity contribution in [2.75, 3.05) is 6.54 Å². The van der Waals surface area contributed by atoms with Crippen molar-refractivity contribution in [2.45, 2.75) is 33.3 Å². The number of aliphatic hydroxyl groups excluding tert-OH is 1. The zero-order valence-electron chi connectivity index (χ0n) is 10.5. The van der Waals surface area contributed by atoms with E-state index >= 15 is 0 Å². The average molecular weight is 221 g/mol. The number of hydrogen-bond donors (Lipinski definition) is 2. The molecule has 2 nitrogen and oxygen atoms in total. The van der Waals surface area contributed by atoms with Gasteiger partial charge in [0.25, 0.3) is 0 Å². The number of rotatable bonds is 5. The van der Waals surface area contributed by atoms with E-state index in [1.807, 2.05) is 6.07 Å². The smallest absolute Gasteiger partial charge is 0.0623 e. The van der Waals surface area contributed by atoms with Crippen LogP contribution in [-0.2, 0) is 6.42 Å². The highest BCUT2D eigenvalue weighted by molar-refractivity contribution is 5.22. The normalized spacial score (nSPS) is 15.1. The lowest BCUT2D eigenvalue weighted by Gasteiger charge is -2.25. The van der Waals surface area contributed by atoms with Crippen LogP contribution in [0, 0.1) is 18.8 Å². The second-order valence-corrected chi connectivity index (χ2v) is 4.90. The molecular formula is C14H23NO. The van der Waals surface area contributed by atoms with Crippen molar-refractivity contribution in [2.24, 2.45) is 17.6 Å². The zero-order valence-corrected chi connectivity index (χ0v) is 10.5. The molecule has 0 saturated carbocycles. The Balaban J connectivity index is 2.66. The largest absolute Gasteiger partial charge is 0.392 e. The van der Waals surface area contributed by atoms with Crippen LogP contribution >= 0.6 is 0 Å². The molecule has 90 valence electrons. The summed E-state index contributed by atoms with van der Waals surface area (Å²) in [5.41, 5.74) is 8.12. The minimum Gasteiger partial charge on any atom is -0.392 e. The van der Waals surface area contributed by atoms with Gasteiger partial charge < -0.3 is 10.8 Å². The van der Waals surface area contributed by atoms with Crippen molar-refractivity contribution in [1.82, 2.24) is 0 Å². The van der Waals surface area contributed by atoms with Gasteiger partial charge in [-0.2, -0.15) is 0 Å². The fraction of sp³-hybridized carbons (Fsp3) is 0.571. The van der Waals surface area contributed by atoms with Crippen molar-refractivity contribution in [3.63, 3.8) is 0 Å².